The Bertz CT molecular complexity index is 389. The van der Waals surface area contributed by atoms with Crippen LogP contribution < -0.4 is 10.1 Å². The Balaban J connectivity index is 2.32. The number of carbonyl (C=O) groups excluding carboxylic acids is 1. The lowest BCUT2D eigenvalue weighted by molar-refractivity contribution is -0.141. The molecule has 1 aromatic rings. The summed E-state index contributed by atoms with van der Waals surface area (Å²) < 4.78 is 9.84. The molecule has 0 aromatic heterocycles. The predicted octanol–water partition coefficient (Wildman–Crippen LogP) is 1.38. The van der Waals surface area contributed by atoms with Gasteiger partial charge in [0.1, 0.15) is 11.7 Å². The summed E-state index contributed by atoms with van der Waals surface area (Å²) in [5, 5.41) is 3.16. The van der Waals surface area contributed by atoms with Gasteiger partial charge in [-0.1, -0.05) is 6.07 Å². The minimum absolute atomic E-state index is 0.198. The number of rotatable bonds is 2. The van der Waals surface area contributed by atoms with Gasteiger partial charge in [0.15, 0.2) is 0 Å². The van der Waals surface area contributed by atoms with E-state index in [9.17, 15) is 4.79 Å². The lowest BCUT2D eigenvalue weighted by atomic mass is 10.0. The first-order valence-electron chi connectivity index (χ1n) is 4.76. The minimum atomic E-state index is -0.202. The first-order chi connectivity index (χ1) is 7.26. The summed E-state index contributed by atoms with van der Waals surface area (Å²) in [5.74, 6) is 0.383. The molecule has 1 N–H and O–H groups in total. The minimum Gasteiger partial charge on any atom is -0.497 e. The van der Waals surface area contributed by atoms with E-state index < -0.39 is 0 Å². The smallest absolute Gasteiger partial charge is 0.315 e. The van der Waals surface area contributed by atoms with Gasteiger partial charge < -0.3 is 14.8 Å². The van der Waals surface area contributed by atoms with Gasteiger partial charge in [-0.25, -0.2) is 0 Å². The highest BCUT2D eigenvalue weighted by atomic mass is 16.5. The van der Waals surface area contributed by atoms with Crippen LogP contribution in [-0.2, 0) is 9.53 Å². The number of hydrogen-bond donors (Lipinski definition) is 1. The molecule has 1 unspecified atom stereocenters. The molecule has 1 heterocycles. The molecule has 15 heavy (non-hydrogen) atoms. The zero-order chi connectivity index (χ0) is 10.8. The van der Waals surface area contributed by atoms with E-state index in [4.69, 9.17) is 9.47 Å². The van der Waals surface area contributed by atoms with Crippen LogP contribution in [0.25, 0.3) is 0 Å². The van der Waals surface area contributed by atoms with E-state index in [1.54, 1.807) is 7.11 Å². The quantitative estimate of drug-likeness (QED) is 0.744. The van der Waals surface area contributed by atoms with Crippen molar-refractivity contribution >= 4 is 11.7 Å². The zero-order valence-electron chi connectivity index (χ0n) is 8.74. The Morgan fingerprint density at radius 1 is 1.47 bits per heavy atom. The summed E-state index contributed by atoms with van der Waals surface area (Å²) in [6.45, 7) is 0.592. The Kier molecular flexibility index (Phi) is 2.49. The van der Waals surface area contributed by atoms with Crippen LogP contribution in [0.1, 0.15) is 11.5 Å². The van der Waals surface area contributed by atoms with E-state index in [0.717, 1.165) is 17.0 Å². The standard InChI is InChI=1S/C11H13NO3/c1-14-7-3-4-8-9(11(13)15-2)6-12-10(8)5-7/h3-5,9,12H,6H2,1-2H3. The van der Waals surface area contributed by atoms with Gasteiger partial charge in [0, 0.05) is 18.3 Å². The molecule has 1 aromatic carbocycles. The van der Waals surface area contributed by atoms with Crippen LogP contribution in [0.15, 0.2) is 18.2 Å². The van der Waals surface area contributed by atoms with Gasteiger partial charge in [-0.05, 0) is 11.6 Å². The van der Waals surface area contributed by atoms with Crippen LogP contribution in [0.2, 0.25) is 0 Å². The summed E-state index contributed by atoms with van der Waals surface area (Å²) in [4.78, 5) is 11.4. The highest BCUT2D eigenvalue weighted by Gasteiger charge is 2.29. The van der Waals surface area contributed by atoms with Crippen molar-refractivity contribution in [3.05, 3.63) is 23.8 Å². The highest BCUT2D eigenvalue weighted by Crippen LogP contribution is 2.34. The lowest BCUT2D eigenvalue weighted by Crippen LogP contribution is -2.15. The molecule has 0 radical (unpaired) electrons. The van der Waals surface area contributed by atoms with Gasteiger partial charge in [-0.15, -0.1) is 0 Å². The SMILES string of the molecule is COC(=O)C1CNc2cc(OC)ccc21. The van der Waals surface area contributed by atoms with Gasteiger partial charge in [-0.3, -0.25) is 4.79 Å². The molecule has 1 aliphatic rings. The van der Waals surface area contributed by atoms with E-state index in [-0.39, 0.29) is 11.9 Å². The topological polar surface area (TPSA) is 47.6 Å². The second-order valence-electron chi connectivity index (χ2n) is 3.41. The van der Waals surface area contributed by atoms with Gasteiger partial charge in [0.2, 0.25) is 0 Å². The van der Waals surface area contributed by atoms with Gasteiger partial charge in [-0.2, -0.15) is 0 Å². The molecule has 0 aliphatic carbocycles. The number of methoxy groups -OCH3 is 2. The molecule has 80 valence electrons. The normalized spacial score (nSPS) is 17.9. The van der Waals surface area contributed by atoms with Gasteiger partial charge in [0.05, 0.1) is 14.2 Å². The molecule has 1 atom stereocenters. The van der Waals surface area contributed by atoms with Crippen molar-refractivity contribution in [1.29, 1.82) is 0 Å². The van der Waals surface area contributed by atoms with Crippen LogP contribution >= 0.6 is 0 Å². The third kappa shape index (κ3) is 1.63. The number of fused-ring (bicyclic) bond motifs is 1. The Hall–Kier alpha value is -1.71. The number of ether oxygens (including phenoxy) is 2. The molecule has 4 nitrogen and oxygen atoms in total. The average molecular weight is 207 g/mol. The average Bonchev–Trinajstić information content (AvgIpc) is 2.70. The van der Waals surface area contributed by atoms with Crippen LogP contribution in [0.5, 0.6) is 5.75 Å². The first-order valence-corrected chi connectivity index (χ1v) is 4.76. The van der Waals surface area contributed by atoms with Crippen molar-refractivity contribution in [2.24, 2.45) is 0 Å². The van der Waals surface area contributed by atoms with Crippen molar-refractivity contribution in [3.63, 3.8) is 0 Å². The molecule has 4 heteroatoms. The predicted molar refractivity (Wildman–Crippen MR) is 56.2 cm³/mol. The van der Waals surface area contributed by atoms with Gasteiger partial charge >= 0.3 is 5.97 Å². The number of nitrogens with one attached hydrogen (secondary N) is 1. The molecule has 0 spiro atoms. The van der Waals surface area contributed by atoms with Crippen LogP contribution in [-0.4, -0.2) is 26.7 Å². The van der Waals surface area contributed by atoms with Crippen LogP contribution in [0, 0.1) is 0 Å². The van der Waals surface area contributed by atoms with Crippen molar-refractivity contribution < 1.29 is 14.3 Å². The summed E-state index contributed by atoms with van der Waals surface area (Å²) in [6, 6.07) is 5.63. The van der Waals surface area contributed by atoms with Crippen LogP contribution in [0.3, 0.4) is 0 Å². The van der Waals surface area contributed by atoms with E-state index in [1.165, 1.54) is 7.11 Å². The molecule has 0 saturated heterocycles. The fourth-order valence-corrected chi connectivity index (χ4v) is 1.79. The molecule has 0 saturated carbocycles. The summed E-state index contributed by atoms with van der Waals surface area (Å²) in [7, 11) is 3.03. The summed E-state index contributed by atoms with van der Waals surface area (Å²) >= 11 is 0. The Labute approximate surface area is 88.2 Å². The van der Waals surface area contributed by atoms with Crippen molar-refractivity contribution in [3.8, 4) is 5.75 Å². The Morgan fingerprint density at radius 3 is 2.93 bits per heavy atom. The summed E-state index contributed by atoms with van der Waals surface area (Å²) in [6.07, 6.45) is 0. The highest BCUT2D eigenvalue weighted by molar-refractivity contribution is 5.84. The number of anilines is 1. The molecular weight excluding hydrogens is 194 g/mol. The van der Waals surface area contributed by atoms with E-state index in [0.29, 0.717) is 6.54 Å². The third-order valence-electron chi connectivity index (χ3n) is 2.62. The lowest BCUT2D eigenvalue weighted by Gasteiger charge is -2.07. The van der Waals surface area contributed by atoms with Crippen molar-refractivity contribution in [2.45, 2.75) is 5.92 Å². The molecule has 1 aliphatic heterocycles. The fourth-order valence-electron chi connectivity index (χ4n) is 1.79. The monoisotopic (exact) mass is 207 g/mol. The second-order valence-corrected chi connectivity index (χ2v) is 3.41. The first kappa shape index (κ1) is 9.83. The summed E-state index contributed by atoms with van der Waals surface area (Å²) in [5.41, 5.74) is 1.92. The largest absolute Gasteiger partial charge is 0.497 e. The Morgan fingerprint density at radius 2 is 2.27 bits per heavy atom. The maximum Gasteiger partial charge on any atom is 0.315 e. The molecule has 2 rings (SSSR count). The van der Waals surface area contributed by atoms with Crippen molar-refractivity contribution in [1.82, 2.24) is 0 Å². The third-order valence-corrected chi connectivity index (χ3v) is 2.62. The van der Waals surface area contributed by atoms with E-state index in [2.05, 4.69) is 5.32 Å². The van der Waals surface area contributed by atoms with Crippen molar-refractivity contribution in [2.75, 3.05) is 26.1 Å². The zero-order valence-corrected chi connectivity index (χ0v) is 8.74. The van der Waals surface area contributed by atoms with E-state index in [1.807, 2.05) is 18.2 Å². The molecular formula is C11H13NO3. The fraction of sp³-hybridized carbons (Fsp3) is 0.364. The number of hydrogen-bond acceptors (Lipinski definition) is 4. The molecule has 0 bridgehead atoms. The number of benzene rings is 1. The van der Waals surface area contributed by atoms with Gasteiger partial charge in [0.25, 0.3) is 0 Å². The van der Waals surface area contributed by atoms with Crippen LogP contribution in [0.4, 0.5) is 5.69 Å². The number of carbonyl (C=O) groups is 1. The molecule has 0 fully saturated rings. The maximum absolute atomic E-state index is 11.4. The second kappa shape index (κ2) is 3.81. The number of esters is 1. The maximum atomic E-state index is 11.4. The van der Waals surface area contributed by atoms with E-state index >= 15 is 0 Å². The molecule has 0 amide bonds.